The number of hydrogen-bond donors (Lipinski definition) is 1. The first-order valence-electron chi connectivity index (χ1n) is 4.46. The summed E-state index contributed by atoms with van der Waals surface area (Å²) in [5.74, 6) is 0.741. The van der Waals surface area contributed by atoms with E-state index in [0.29, 0.717) is 12.3 Å². The molecule has 0 saturated carbocycles. The molecule has 0 radical (unpaired) electrons. The summed E-state index contributed by atoms with van der Waals surface area (Å²) in [6, 6.07) is 0. The molecule has 0 aromatic carbocycles. The molecule has 0 aliphatic carbocycles. The molecule has 2 N–H and O–H groups in total. The van der Waals surface area contributed by atoms with Crippen molar-refractivity contribution in [3.63, 3.8) is 0 Å². The third-order valence-corrected chi connectivity index (χ3v) is 5.33. The molecule has 6 heteroatoms. The van der Waals surface area contributed by atoms with Crippen molar-refractivity contribution < 1.29 is 8.42 Å². The van der Waals surface area contributed by atoms with Crippen LogP contribution in [0.3, 0.4) is 0 Å². The monoisotopic (exact) mass is 232 g/mol. The first-order valence-corrected chi connectivity index (χ1v) is 7.09. The lowest BCUT2D eigenvalue weighted by Crippen LogP contribution is -2.02. The first kappa shape index (κ1) is 10.1. The molecule has 1 aromatic heterocycles. The van der Waals surface area contributed by atoms with Crippen LogP contribution in [0, 0.1) is 0 Å². The van der Waals surface area contributed by atoms with Crippen LogP contribution in [0.4, 0.5) is 0 Å². The van der Waals surface area contributed by atoms with Crippen LogP contribution in [0.25, 0.3) is 0 Å². The van der Waals surface area contributed by atoms with Gasteiger partial charge in [-0.05, 0) is 6.42 Å². The highest BCUT2D eigenvalue weighted by atomic mass is 32.2. The number of nitrogens with two attached hydrogens (primary N) is 1. The molecule has 0 bridgehead atoms. The van der Waals surface area contributed by atoms with Crippen LogP contribution in [0.5, 0.6) is 0 Å². The van der Waals surface area contributed by atoms with Gasteiger partial charge in [-0.25, -0.2) is 13.4 Å². The van der Waals surface area contributed by atoms with Gasteiger partial charge in [-0.2, -0.15) is 0 Å². The van der Waals surface area contributed by atoms with Gasteiger partial charge in [0, 0.05) is 23.5 Å². The second kappa shape index (κ2) is 3.60. The van der Waals surface area contributed by atoms with Gasteiger partial charge >= 0.3 is 0 Å². The van der Waals surface area contributed by atoms with Crippen molar-refractivity contribution in [3.8, 4) is 0 Å². The number of aromatic nitrogens is 1. The van der Waals surface area contributed by atoms with Gasteiger partial charge in [0.15, 0.2) is 9.84 Å². The minimum Gasteiger partial charge on any atom is -0.325 e. The average molecular weight is 232 g/mol. The van der Waals surface area contributed by atoms with Crippen LogP contribution in [0.2, 0.25) is 0 Å². The molecule has 4 nitrogen and oxygen atoms in total. The summed E-state index contributed by atoms with van der Waals surface area (Å²) in [7, 11) is -2.79. The van der Waals surface area contributed by atoms with Crippen molar-refractivity contribution in [2.24, 2.45) is 5.73 Å². The predicted octanol–water partition coefficient (Wildman–Crippen LogP) is 0.504. The molecule has 1 aliphatic heterocycles. The lowest BCUT2D eigenvalue weighted by Gasteiger charge is -2.01. The van der Waals surface area contributed by atoms with Crippen LogP contribution in [0.1, 0.15) is 22.2 Å². The maximum atomic E-state index is 11.3. The molecule has 1 fully saturated rings. The van der Waals surface area contributed by atoms with Gasteiger partial charge in [-0.3, -0.25) is 0 Å². The Labute approximate surface area is 87.1 Å². The standard InChI is InChI=1S/C8H12N2O2S2/c9-3-8-10-4-7(13-8)6-1-2-14(11,12)5-6/h4,6H,1-3,5,9H2. The zero-order valence-electron chi connectivity index (χ0n) is 7.64. The Bertz CT molecular complexity index is 424. The molecule has 0 amide bonds. The fraction of sp³-hybridized carbons (Fsp3) is 0.625. The molecular formula is C8H12N2O2S2. The van der Waals surface area contributed by atoms with E-state index in [9.17, 15) is 8.42 Å². The molecule has 1 atom stereocenters. The molecule has 1 aromatic rings. The molecule has 1 saturated heterocycles. The van der Waals surface area contributed by atoms with Crippen molar-refractivity contribution >= 4 is 21.2 Å². The van der Waals surface area contributed by atoms with E-state index in [1.165, 1.54) is 11.3 Å². The third-order valence-electron chi connectivity index (χ3n) is 2.38. The number of thiazole rings is 1. The largest absolute Gasteiger partial charge is 0.325 e. The quantitative estimate of drug-likeness (QED) is 0.806. The minimum atomic E-state index is -2.79. The van der Waals surface area contributed by atoms with E-state index in [2.05, 4.69) is 4.98 Å². The highest BCUT2D eigenvalue weighted by Crippen LogP contribution is 2.32. The van der Waals surface area contributed by atoms with E-state index in [4.69, 9.17) is 5.73 Å². The Morgan fingerprint density at radius 3 is 2.93 bits per heavy atom. The van der Waals surface area contributed by atoms with Gasteiger partial charge < -0.3 is 5.73 Å². The van der Waals surface area contributed by atoms with Crippen LogP contribution in [0.15, 0.2) is 6.20 Å². The van der Waals surface area contributed by atoms with Crippen LogP contribution < -0.4 is 5.73 Å². The van der Waals surface area contributed by atoms with Crippen molar-refractivity contribution in [2.45, 2.75) is 18.9 Å². The topological polar surface area (TPSA) is 73.0 Å². The molecule has 2 rings (SSSR count). The van der Waals surface area contributed by atoms with Crippen molar-refractivity contribution in [2.75, 3.05) is 11.5 Å². The van der Waals surface area contributed by atoms with E-state index in [0.717, 1.165) is 16.3 Å². The molecule has 2 heterocycles. The Balaban J connectivity index is 2.17. The van der Waals surface area contributed by atoms with Crippen molar-refractivity contribution in [3.05, 3.63) is 16.1 Å². The Hall–Kier alpha value is -0.460. The molecule has 1 unspecified atom stereocenters. The number of nitrogens with zero attached hydrogens (tertiary/aromatic N) is 1. The summed E-state index contributed by atoms with van der Waals surface area (Å²) in [5.41, 5.74) is 5.44. The zero-order chi connectivity index (χ0) is 10.2. The smallest absolute Gasteiger partial charge is 0.150 e. The fourth-order valence-corrected chi connectivity index (χ4v) is 4.44. The number of rotatable bonds is 2. The maximum Gasteiger partial charge on any atom is 0.150 e. The Morgan fingerprint density at radius 2 is 2.43 bits per heavy atom. The number of sulfone groups is 1. The summed E-state index contributed by atoms with van der Waals surface area (Å²) in [4.78, 5) is 5.19. The van der Waals surface area contributed by atoms with E-state index in [-0.39, 0.29) is 11.7 Å². The lowest BCUT2D eigenvalue weighted by molar-refractivity contribution is 0.601. The minimum absolute atomic E-state index is 0.151. The van der Waals surface area contributed by atoms with Crippen molar-refractivity contribution in [1.82, 2.24) is 4.98 Å². The highest BCUT2D eigenvalue weighted by Gasteiger charge is 2.30. The van der Waals surface area contributed by atoms with Gasteiger partial charge in [0.25, 0.3) is 0 Å². The third kappa shape index (κ3) is 1.97. The maximum absolute atomic E-state index is 11.3. The molecular weight excluding hydrogens is 220 g/mol. The Morgan fingerprint density at radius 1 is 1.64 bits per heavy atom. The summed E-state index contributed by atoms with van der Waals surface area (Å²) in [5, 5.41) is 0.879. The van der Waals surface area contributed by atoms with Crippen LogP contribution in [-0.2, 0) is 16.4 Å². The van der Waals surface area contributed by atoms with E-state index < -0.39 is 9.84 Å². The van der Waals surface area contributed by atoms with Crippen molar-refractivity contribution in [1.29, 1.82) is 0 Å². The van der Waals surface area contributed by atoms with E-state index >= 15 is 0 Å². The number of hydrogen-bond acceptors (Lipinski definition) is 5. The highest BCUT2D eigenvalue weighted by molar-refractivity contribution is 7.91. The van der Waals surface area contributed by atoms with Gasteiger partial charge in [0.05, 0.1) is 11.5 Å². The molecule has 78 valence electrons. The molecule has 0 spiro atoms. The van der Waals surface area contributed by atoms with Gasteiger partial charge in [-0.1, -0.05) is 0 Å². The lowest BCUT2D eigenvalue weighted by atomic mass is 10.1. The second-order valence-electron chi connectivity index (χ2n) is 3.46. The van der Waals surface area contributed by atoms with E-state index in [1.54, 1.807) is 6.20 Å². The Kier molecular flexibility index (Phi) is 2.59. The summed E-state index contributed by atoms with van der Waals surface area (Å²) in [6.07, 6.45) is 2.49. The van der Waals surface area contributed by atoms with Crippen LogP contribution >= 0.6 is 11.3 Å². The summed E-state index contributed by atoms with van der Waals surface area (Å²) >= 11 is 1.53. The van der Waals surface area contributed by atoms with Gasteiger partial charge in [0.2, 0.25) is 0 Å². The average Bonchev–Trinajstić information content (AvgIpc) is 2.70. The SMILES string of the molecule is NCc1ncc(C2CCS(=O)(=O)C2)s1. The summed E-state index contributed by atoms with van der Waals surface area (Å²) < 4.78 is 22.5. The summed E-state index contributed by atoms with van der Waals surface area (Å²) in [6.45, 7) is 0.435. The van der Waals surface area contributed by atoms with Gasteiger partial charge in [-0.15, -0.1) is 11.3 Å². The van der Waals surface area contributed by atoms with Gasteiger partial charge in [0.1, 0.15) is 5.01 Å². The fourth-order valence-electron chi connectivity index (χ4n) is 1.63. The predicted molar refractivity (Wildman–Crippen MR) is 56.0 cm³/mol. The molecule has 1 aliphatic rings. The van der Waals surface area contributed by atoms with Crippen LogP contribution in [-0.4, -0.2) is 24.9 Å². The molecule has 14 heavy (non-hydrogen) atoms. The van der Waals surface area contributed by atoms with E-state index in [1.807, 2.05) is 0 Å². The first-order chi connectivity index (χ1) is 6.61. The second-order valence-corrected chi connectivity index (χ2v) is 6.84. The zero-order valence-corrected chi connectivity index (χ0v) is 9.27. The normalized spacial score (nSPS) is 25.4.